The fraction of sp³-hybridized carbons (Fsp3) is 0.150. The Kier molecular flexibility index (Phi) is 5.19. The van der Waals surface area contributed by atoms with Crippen LogP contribution in [-0.4, -0.2) is 15.7 Å². The standard InChI is InChI=1S/C20H18ClN3O2/c1-13-16(21)9-6-10-17(13)22-20(26)14(2)24-19(25)12-11-18(23-24)15-7-4-3-5-8-15/h3-12,14H,1-2H3,(H,22,26)/t14-/m0/s1. The van der Waals surface area contributed by atoms with Gasteiger partial charge in [-0.15, -0.1) is 0 Å². The number of anilines is 1. The third-order valence-electron chi connectivity index (χ3n) is 4.17. The minimum atomic E-state index is -0.774. The van der Waals surface area contributed by atoms with Gasteiger partial charge in [-0.3, -0.25) is 9.59 Å². The average molecular weight is 368 g/mol. The lowest BCUT2D eigenvalue weighted by Crippen LogP contribution is -2.33. The van der Waals surface area contributed by atoms with Crippen molar-refractivity contribution >= 4 is 23.2 Å². The molecule has 0 radical (unpaired) electrons. The highest BCUT2D eigenvalue weighted by molar-refractivity contribution is 6.31. The van der Waals surface area contributed by atoms with E-state index in [1.807, 2.05) is 37.3 Å². The lowest BCUT2D eigenvalue weighted by Gasteiger charge is -2.16. The molecule has 0 aliphatic carbocycles. The minimum Gasteiger partial charge on any atom is -0.324 e. The Morgan fingerprint density at radius 3 is 2.54 bits per heavy atom. The number of carbonyl (C=O) groups excluding carboxylic acids is 1. The number of benzene rings is 2. The fourth-order valence-electron chi connectivity index (χ4n) is 2.56. The van der Waals surface area contributed by atoms with Gasteiger partial charge in [0.2, 0.25) is 5.91 Å². The summed E-state index contributed by atoms with van der Waals surface area (Å²) in [6.45, 7) is 3.46. The number of halogens is 1. The molecule has 6 heteroatoms. The maximum atomic E-state index is 12.6. The van der Waals surface area contributed by atoms with Crippen LogP contribution in [0, 0.1) is 6.92 Å². The molecule has 0 fully saturated rings. The van der Waals surface area contributed by atoms with Gasteiger partial charge in [0.25, 0.3) is 5.56 Å². The molecule has 2 aromatic carbocycles. The SMILES string of the molecule is Cc1c(Cl)cccc1NC(=O)[C@H](C)n1nc(-c2ccccc2)ccc1=O. The van der Waals surface area contributed by atoms with Crippen LogP contribution in [0.1, 0.15) is 18.5 Å². The first kappa shape index (κ1) is 17.9. The van der Waals surface area contributed by atoms with E-state index in [1.54, 1.807) is 31.2 Å². The van der Waals surface area contributed by atoms with Crippen LogP contribution in [-0.2, 0) is 4.79 Å². The molecule has 0 saturated carbocycles. The summed E-state index contributed by atoms with van der Waals surface area (Å²) in [6.07, 6.45) is 0. The molecule has 0 unspecified atom stereocenters. The van der Waals surface area contributed by atoms with Gasteiger partial charge in [0, 0.05) is 22.3 Å². The van der Waals surface area contributed by atoms with Gasteiger partial charge in [0.15, 0.2) is 0 Å². The second kappa shape index (κ2) is 7.54. The Morgan fingerprint density at radius 2 is 1.81 bits per heavy atom. The zero-order valence-electron chi connectivity index (χ0n) is 14.4. The van der Waals surface area contributed by atoms with E-state index >= 15 is 0 Å². The van der Waals surface area contributed by atoms with Crippen molar-refractivity contribution in [2.24, 2.45) is 0 Å². The molecule has 1 N–H and O–H groups in total. The molecule has 26 heavy (non-hydrogen) atoms. The number of nitrogens with zero attached hydrogens (tertiary/aromatic N) is 2. The van der Waals surface area contributed by atoms with Gasteiger partial charge in [-0.05, 0) is 37.6 Å². The quantitative estimate of drug-likeness (QED) is 0.755. The normalized spacial score (nSPS) is 11.8. The molecule has 0 spiro atoms. The fourth-order valence-corrected chi connectivity index (χ4v) is 2.73. The lowest BCUT2D eigenvalue weighted by atomic mass is 10.1. The first-order chi connectivity index (χ1) is 12.5. The molecule has 1 atom stereocenters. The van der Waals surface area contributed by atoms with E-state index in [-0.39, 0.29) is 11.5 Å². The Morgan fingerprint density at radius 1 is 1.08 bits per heavy atom. The van der Waals surface area contributed by atoms with Crippen LogP contribution in [0.15, 0.2) is 65.5 Å². The molecule has 1 amide bonds. The Balaban J connectivity index is 1.89. The number of hydrogen-bond acceptors (Lipinski definition) is 3. The number of rotatable bonds is 4. The van der Waals surface area contributed by atoms with E-state index < -0.39 is 6.04 Å². The van der Waals surface area contributed by atoms with E-state index in [9.17, 15) is 9.59 Å². The molecule has 0 saturated heterocycles. The summed E-state index contributed by atoms with van der Waals surface area (Å²) in [5, 5.41) is 7.74. The van der Waals surface area contributed by atoms with Gasteiger partial charge in [-0.25, -0.2) is 4.68 Å². The molecular formula is C20H18ClN3O2. The second-order valence-corrected chi connectivity index (χ2v) is 6.35. The van der Waals surface area contributed by atoms with Crippen LogP contribution in [0.3, 0.4) is 0 Å². The number of nitrogens with one attached hydrogen (secondary N) is 1. The Labute approximate surface area is 156 Å². The topological polar surface area (TPSA) is 64.0 Å². The molecule has 1 aromatic heterocycles. The van der Waals surface area contributed by atoms with Crippen LogP contribution in [0.25, 0.3) is 11.3 Å². The maximum Gasteiger partial charge on any atom is 0.267 e. The summed E-state index contributed by atoms with van der Waals surface area (Å²) >= 11 is 6.09. The number of carbonyl (C=O) groups is 1. The van der Waals surface area contributed by atoms with Gasteiger partial charge >= 0.3 is 0 Å². The predicted octanol–water partition coefficient (Wildman–Crippen LogP) is 4.07. The van der Waals surface area contributed by atoms with Crippen molar-refractivity contribution in [2.75, 3.05) is 5.32 Å². The predicted molar refractivity (Wildman–Crippen MR) is 103 cm³/mol. The summed E-state index contributed by atoms with van der Waals surface area (Å²) in [5.41, 5.74) is 2.55. The lowest BCUT2D eigenvalue weighted by molar-refractivity contribution is -0.119. The van der Waals surface area contributed by atoms with Crippen molar-refractivity contribution in [3.05, 3.63) is 81.6 Å². The van der Waals surface area contributed by atoms with Gasteiger partial charge in [-0.2, -0.15) is 5.10 Å². The molecule has 1 heterocycles. The van der Waals surface area contributed by atoms with Gasteiger partial charge < -0.3 is 5.32 Å². The molecule has 0 bridgehead atoms. The highest BCUT2D eigenvalue weighted by Gasteiger charge is 2.19. The third-order valence-corrected chi connectivity index (χ3v) is 4.58. The van der Waals surface area contributed by atoms with Crippen molar-refractivity contribution in [3.63, 3.8) is 0 Å². The van der Waals surface area contributed by atoms with Gasteiger partial charge in [0.1, 0.15) is 6.04 Å². The van der Waals surface area contributed by atoms with Crippen LogP contribution in [0.2, 0.25) is 5.02 Å². The smallest absolute Gasteiger partial charge is 0.267 e. The van der Waals surface area contributed by atoms with Crippen LogP contribution >= 0.6 is 11.6 Å². The third kappa shape index (κ3) is 3.68. The molecule has 3 aromatic rings. The summed E-state index contributed by atoms with van der Waals surface area (Å²) in [7, 11) is 0. The van der Waals surface area contributed by atoms with E-state index in [0.29, 0.717) is 16.4 Å². The van der Waals surface area contributed by atoms with Crippen molar-refractivity contribution in [3.8, 4) is 11.3 Å². The summed E-state index contributed by atoms with van der Waals surface area (Å²) in [5.74, 6) is -0.338. The van der Waals surface area contributed by atoms with Gasteiger partial charge in [-0.1, -0.05) is 48.0 Å². The summed E-state index contributed by atoms with van der Waals surface area (Å²) in [6, 6.07) is 17.1. The molecule has 0 aliphatic heterocycles. The minimum absolute atomic E-state index is 0.338. The van der Waals surface area contributed by atoms with E-state index in [0.717, 1.165) is 11.1 Å². The Hall–Kier alpha value is -2.92. The first-order valence-electron chi connectivity index (χ1n) is 8.18. The van der Waals surface area contributed by atoms with E-state index in [4.69, 9.17) is 11.6 Å². The van der Waals surface area contributed by atoms with E-state index in [2.05, 4.69) is 10.4 Å². The zero-order chi connectivity index (χ0) is 18.7. The zero-order valence-corrected chi connectivity index (χ0v) is 15.2. The highest BCUT2D eigenvalue weighted by atomic mass is 35.5. The largest absolute Gasteiger partial charge is 0.324 e. The monoisotopic (exact) mass is 367 g/mol. The van der Waals surface area contributed by atoms with E-state index in [1.165, 1.54) is 10.7 Å². The van der Waals surface area contributed by atoms with Crippen LogP contribution < -0.4 is 10.9 Å². The first-order valence-corrected chi connectivity index (χ1v) is 8.56. The van der Waals surface area contributed by atoms with Crippen LogP contribution in [0.5, 0.6) is 0 Å². The van der Waals surface area contributed by atoms with Crippen LogP contribution in [0.4, 0.5) is 5.69 Å². The number of aromatic nitrogens is 2. The molecular weight excluding hydrogens is 350 g/mol. The molecule has 5 nitrogen and oxygen atoms in total. The van der Waals surface area contributed by atoms with Crippen molar-refractivity contribution in [2.45, 2.75) is 19.9 Å². The van der Waals surface area contributed by atoms with Gasteiger partial charge in [0.05, 0.1) is 5.69 Å². The number of amides is 1. The van der Waals surface area contributed by atoms with Crippen molar-refractivity contribution < 1.29 is 4.79 Å². The molecule has 3 rings (SSSR count). The van der Waals surface area contributed by atoms with Crippen molar-refractivity contribution in [1.29, 1.82) is 0 Å². The molecule has 132 valence electrons. The second-order valence-electron chi connectivity index (χ2n) is 5.95. The molecule has 0 aliphatic rings. The highest BCUT2D eigenvalue weighted by Crippen LogP contribution is 2.23. The maximum absolute atomic E-state index is 12.6. The number of hydrogen-bond donors (Lipinski definition) is 1. The van der Waals surface area contributed by atoms with Crippen molar-refractivity contribution in [1.82, 2.24) is 9.78 Å². The Bertz CT molecular complexity index is 999. The summed E-state index contributed by atoms with van der Waals surface area (Å²) < 4.78 is 1.19. The average Bonchev–Trinajstić information content (AvgIpc) is 2.66. The summed E-state index contributed by atoms with van der Waals surface area (Å²) in [4.78, 5) is 24.8.